The van der Waals surface area contributed by atoms with Crippen molar-refractivity contribution in [2.24, 2.45) is 23.7 Å². The molecular formula is C13H21NO3. The van der Waals surface area contributed by atoms with E-state index in [9.17, 15) is 9.59 Å². The zero-order valence-corrected chi connectivity index (χ0v) is 10.6. The number of aliphatic carboxylic acids is 1. The highest BCUT2D eigenvalue weighted by molar-refractivity contribution is 5.83. The van der Waals surface area contributed by atoms with Crippen LogP contribution in [0.5, 0.6) is 0 Å². The van der Waals surface area contributed by atoms with Crippen molar-refractivity contribution in [2.45, 2.75) is 33.1 Å². The molecule has 0 aromatic carbocycles. The van der Waals surface area contributed by atoms with E-state index in [2.05, 4.69) is 0 Å². The molecule has 1 amide bonds. The SMILES string of the molecule is CCN(CC(C)C(=O)O)C(=O)C1C2CCCC21. The molecule has 0 heterocycles. The smallest absolute Gasteiger partial charge is 0.308 e. The van der Waals surface area contributed by atoms with E-state index in [1.807, 2.05) is 6.92 Å². The number of nitrogens with zero attached hydrogens (tertiary/aromatic N) is 1. The summed E-state index contributed by atoms with van der Waals surface area (Å²) in [7, 11) is 0. The third kappa shape index (κ3) is 2.31. The molecule has 3 unspecified atom stereocenters. The number of amides is 1. The Morgan fingerprint density at radius 1 is 1.35 bits per heavy atom. The van der Waals surface area contributed by atoms with Crippen LogP contribution in [0.3, 0.4) is 0 Å². The van der Waals surface area contributed by atoms with E-state index in [1.165, 1.54) is 19.3 Å². The van der Waals surface area contributed by atoms with E-state index < -0.39 is 11.9 Å². The fraction of sp³-hybridized carbons (Fsp3) is 0.846. The molecule has 2 rings (SSSR count). The first-order valence-electron chi connectivity index (χ1n) is 6.57. The fourth-order valence-corrected chi connectivity index (χ4v) is 3.18. The minimum Gasteiger partial charge on any atom is -0.481 e. The second-order valence-electron chi connectivity index (χ2n) is 5.40. The number of hydrogen-bond acceptors (Lipinski definition) is 2. The van der Waals surface area contributed by atoms with Gasteiger partial charge in [0.25, 0.3) is 0 Å². The van der Waals surface area contributed by atoms with Crippen LogP contribution in [-0.2, 0) is 9.59 Å². The molecule has 96 valence electrons. The lowest BCUT2D eigenvalue weighted by Crippen LogP contribution is -2.38. The van der Waals surface area contributed by atoms with E-state index in [0.29, 0.717) is 24.9 Å². The van der Waals surface area contributed by atoms with Crippen LogP contribution in [0.15, 0.2) is 0 Å². The predicted octanol–water partition coefficient (Wildman–Crippen LogP) is 1.60. The molecule has 0 radical (unpaired) electrons. The Hall–Kier alpha value is -1.06. The number of carbonyl (C=O) groups is 2. The Labute approximate surface area is 102 Å². The molecule has 2 aliphatic rings. The van der Waals surface area contributed by atoms with Gasteiger partial charge in [0.2, 0.25) is 5.91 Å². The summed E-state index contributed by atoms with van der Waals surface area (Å²) in [5, 5.41) is 8.89. The lowest BCUT2D eigenvalue weighted by atomic mass is 10.1. The number of carboxylic acids is 1. The van der Waals surface area contributed by atoms with Crippen molar-refractivity contribution in [1.82, 2.24) is 4.90 Å². The summed E-state index contributed by atoms with van der Waals surface area (Å²) in [6, 6.07) is 0. The third-order valence-corrected chi connectivity index (χ3v) is 4.30. The van der Waals surface area contributed by atoms with Crippen LogP contribution in [0, 0.1) is 23.7 Å². The molecule has 0 bridgehead atoms. The van der Waals surface area contributed by atoms with Crippen molar-refractivity contribution in [3.63, 3.8) is 0 Å². The maximum Gasteiger partial charge on any atom is 0.308 e. The van der Waals surface area contributed by atoms with E-state index in [1.54, 1.807) is 11.8 Å². The predicted molar refractivity (Wildman–Crippen MR) is 63.4 cm³/mol. The summed E-state index contributed by atoms with van der Waals surface area (Å²) in [5.74, 6) is 0.318. The molecule has 3 atom stereocenters. The summed E-state index contributed by atoms with van der Waals surface area (Å²) in [5.41, 5.74) is 0. The number of hydrogen-bond donors (Lipinski definition) is 1. The maximum atomic E-state index is 12.2. The summed E-state index contributed by atoms with van der Waals surface area (Å²) < 4.78 is 0. The Morgan fingerprint density at radius 2 is 1.94 bits per heavy atom. The zero-order chi connectivity index (χ0) is 12.6. The molecule has 0 spiro atoms. The summed E-state index contributed by atoms with van der Waals surface area (Å²) in [4.78, 5) is 24.8. The van der Waals surface area contributed by atoms with Gasteiger partial charge in [-0.2, -0.15) is 0 Å². The van der Waals surface area contributed by atoms with Crippen molar-refractivity contribution in [2.75, 3.05) is 13.1 Å². The van der Waals surface area contributed by atoms with Gasteiger partial charge in [-0.15, -0.1) is 0 Å². The number of fused-ring (bicyclic) bond motifs is 1. The van der Waals surface area contributed by atoms with E-state index in [-0.39, 0.29) is 11.8 Å². The molecule has 2 aliphatic carbocycles. The minimum absolute atomic E-state index is 0.190. The van der Waals surface area contributed by atoms with Crippen LogP contribution in [0.4, 0.5) is 0 Å². The Kier molecular flexibility index (Phi) is 3.40. The van der Waals surface area contributed by atoms with Gasteiger partial charge in [0.1, 0.15) is 0 Å². The van der Waals surface area contributed by atoms with Gasteiger partial charge in [-0.05, 0) is 31.6 Å². The first-order valence-corrected chi connectivity index (χ1v) is 6.57. The van der Waals surface area contributed by atoms with E-state index >= 15 is 0 Å². The van der Waals surface area contributed by atoms with Crippen LogP contribution in [0.2, 0.25) is 0 Å². The van der Waals surface area contributed by atoms with Crippen LogP contribution in [0.1, 0.15) is 33.1 Å². The van der Waals surface area contributed by atoms with Crippen LogP contribution in [0.25, 0.3) is 0 Å². The maximum absolute atomic E-state index is 12.2. The third-order valence-electron chi connectivity index (χ3n) is 4.30. The Bertz CT molecular complexity index is 319. The highest BCUT2D eigenvalue weighted by Crippen LogP contribution is 2.58. The van der Waals surface area contributed by atoms with Gasteiger partial charge in [-0.1, -0.05) is 13.3 Å². The van der Waals surface area contributed by atoms with Gasteiger partial charge in [0.15, 0.2) is 0 Å². The average molecular weight is 239 g/mol. The Balaban J connectivity index is 1.90. The van der Waals surface area contributed by atoms with Gasteiger partial charge in [-0.3, -0.25) is 9.59 Å². The fourth-order valence-electron chi connectivity index (χ4n) is 3.18. The number of rotatable bonds is 5. The molecular weight excluding hydrogens is 218 g/mol. The monoisotopic (exact) mass is 239 g/mol. The number of carbonyl (C=O) groups excluding carboxylic acids is 1. The van der Waals surface area contributed by atoms with Crippen LogP contribution >= 0.6 is 0 Å². The highest BCUT2D eigenvalue weighted by atomic mass is 16.4. The quantitative estimate of drug-likeness (QED) is 0.792. The molecule has 1 N–H and O–H groups in total. The van der Waals surface area contributed by atoms with Gasteiger partial charge in [0.05, 0.1) is 5.92 Å². The van der Waals surface area contributed by atoms with Gasteiger partial charge in [-0.25, -0.2) is 0 Å². The molecule has 0 aliphatic heterocycles. The lowest BCUT2D eigenvalue weighted by molar-refractivity contribution is -0.143. The average Bonchev–Trinajstić information content (AvgIpc) is 2.77. The van der Waals surface area contributed by atoms with E-state index in [0.717, 1.165) is 0 Å². The standard InChI is InChI=1S/C13H21NO3/c1-3-14(7-8(2)13(16)17)12(15)11-9-5-4-6-10(9)11/h8-11H,3-7H2,1-2H3,(H,16,17). The van der Waals surface area contributed by atoms with E-state index in [4.69, 9.17) is 5.11 Å². The zero-order valence-electron chi connectivity index (χ0n) is 10.6. The minimum atomic E-state index is -0.827. The highest BCUT2D eigenvalue weighted by Gasteiger charge is 2.57. The van der Waals surface area contributed by atoms with Crippen molar-refractivity contribution >= 4 is 11.9 Å². The van der Waals surface area contributed by atoms with Crippen molar-refractivity contribution in [3.05, 3.63) is 0 Å². The Morgan fingerprint density at radius 3 is 2.41 bits per heavy atom. The largest absolute Gasteiger partial charge is 0.481 e. The molecule has 2 fully saturated rings. The summed E-state index contributed by atoms with van der Waals surface area (Å²) >= 11 is 0. The topological polar surface area (TPSA) is 57.6 Å². The van der Waals surface area contributed by atoms with Gasteiger partial charge < -0.3 is 10.0 Å². The molecule has 0 saturated heterocycles. The summed E-state index contributed by atoms with van der Waals surface area (Å²) in [6.45, 7) is 4.55. The number of carboxylic acid groups (broad SMARTS) is 1. The van der Waals surface area contributed by atoms with Crippen molar-refractivity contribution in [1.29, 1.82) is 0 Å². The van der Waals surface area contributed by atoms with Gasteiger partial charge in [0, 0.05) is 19.0 Å². The molecule has 17 heavy (non-hydrogen) atoms. The van der Waals surface area contributed by atoms with Crippen molar-refractivity contribution in [3.8, 4) is 0 Å². The van der Waals surface area contributed by atoms with Crippen LogP contribution in [-0.4, -0.2) is 35.0 Å². The van der Waals surface area contributed by atoms with Crippen LogP contribution < -0.4 is 0 Å². The normalized spacial score (nSPS) is 31.8. The lowest BCUT2D eigenvalue weighted by Gasteiger charge is -2.23. The second kappa shape index (κ2) is 4.67. The second-order valence-corrected chi connectivity index (χ2v) is 5.40. The van der Waals surface area contributed by atoms with Crippen molar-refractivity contribution < 1.29 is 14.7 Å². The molecule has 0 aromatic rings. The molecule has 4 nitrogen and oxygen atoms in total. The van der Waals surface area contributed by atoms with Gasteiger partial charge >= 0.3 is 5.97 Å². The molecule has 2 saturated carbocycles. The molecule has 0 aromatic heterocycles. The first kappa shape index (κ1) is 12.4. The first-order chi connectivity index (χ1) is 8.06. The summed E-state index contributed by atoms with van der Waals surface area (Å²) in [6.07, 6.45) is 3.64. The molecule has 4 heteroatoms.